The Morgan fingerprint density at radius 2 is 1.73 bits per heavy atom. The van der Waals surface area contributed by atoms with E-state index in [1.165, 1.54) is 24.3 Å². The van der Waals surface area contributed by atoms with Gasteiger partial charge in [0.05, 0.1) is 31.7 Å². The number of nitrogens with zero attached hydrogens (tertiary/aromatic N) is 2. The van der Waals surface area contributed by atoms with Gasteiger partial charge in [0.25, 0.3) is 0 Å². The summed E-state index contributed by atoms with van der Waals surface area (Å²) in [5, 5.41) is 19.8. The first-order valence-corrected chi connectivity index (χ1v) is 17.6. The number of aliphatic hydroxyl groups is 1. The first kappa shape index (κ1) is 43.0. The lowest BCUT2D eigenvalue weighted by Gasteiger charge is -2.28. The Hall–Kier alpha value is -4.20. The van der Waals surface area contributed by atoms with Crippen LogP contribution in [0.25, 0.3) is 0 Å². The molecule has 1 aliphatic rings. The second kappa shape index (κ2) is 20.0. The van der Waals surface area contributed by atoms with E-state index in [9.17, 15) is 43.3 Å². The molecule has 2 heterocycles. The van der Waals surface area contributed by atoms with Crippen molar-refractivity contribution in [2.45, 2.75) is 89.4 Å². The van der Waals surface area contributed by atoms with E-state index >= 15 is 0 Å². The minimum atomic E-state index is -4.60. The van der Waals surface area contributed by atoms with Crippen LogP contribution in [-0.4, -0.2) is 130 Å². The van der Waals surface area contributed by atoms with Crippen LogP contribution in [0.2, 0.25) is 0 Å². The van der Waals surface area contributed by atoms with Crippen LogP contribution in [0.4, 0.5) is 0 Å². The van der Waals surface area contributed by atoms with E-state index in [4.69, 9.17) is 15.0 Å². The van der Waals surface area contributed by atoms with Crippen LogP contribution in [0, 0.1) is 5.92 Å². The Morgan fingerprint density at radius 1 is 1.10 bits per heavy atom. The molecular weight excluding hydrogens is 695 g/mol. The minimum absolute atomic E-state index is 0.104. The standard InChI is InChI=1S/C30H49N8O12P/c1-7-8-49-20-11-24(38(13-20)18(5)40)30(45)35-21(9-16(2)3)27(42)34-22(10-19-12-32-15-33-19)28(43)36-23(14-39)29(44)37-25(26(31)41)17(4)50-51(46,47)48-6/h7,12,15-17,20-25,39H,1,8-11,13-14H2,2-6H3,(H2,31,41)(H,32,33)(H,34,42)(H,35,45)(H,36,43)(H,37,44)(H,46,47)/t17?,20-,21+,22+,23+,24?,25+/m1/s1. The Labute approximate surface area is 295 Å². The van der Waals surface area contributed by atoms with Crippen molar-refractivity contribution in [1.82, 2.24) is 36.1 Å². The molecule has 0 aliphatic carbocycles. The van der Waals surface area contributed by atoms with Gasteiger partial charge in [0.2, 0.25) is 35.4 Å². The van der Waals surface area contributed by atoms with Gasteiger partial charge in [-0.1, -0.05) is 19.9 Å². The molecule has 51 heavy (non-hydrogen) atoms. The second-order valence-corrected chi connectivity index (χ2v) is 13.8. The predicted molar refractivity (Wildman–Crippen MR) is 179 cm³/mol. The zero-order valence-corrected chi connectivity index (χ0v) is 30.1. The van der Waals surface area contributed by atoms with Crippen molar-refractivity contribution < 1.29 is 57.1 Å². The van der Waals surface area contributed by atoms with Gasteiger partial charge >= 0.3 is 7.82 Å². The van der Waals surface area contributed by atoms with Crippen LogP contribution in [0.3, 0.4) is 0 Å². The van der Waals surface area contributed by atoms with E-state index in [2.05, 4.69) is 42.3 Å². The summed E-state index contributed by atoms with van der Waals surface area (Å²) in [6.07, 6.45) is 2.57. The van der Waals surface area contributed by atoms with Crippen LogP contribution >= 0.6 is 7.82 Å². The van der Waals surface area contributed by atoms with Crippen LogP contribution in [-0.2, 0) is 53.5 Å². The number of phosphoric ester groups is 1. The summed E-state index contributed by atoms with van der Waals surface area (Å²) >= 11 is 0. The van der Waals surface area contributed by atoms with Crippen molar-refractivity contribution in [1.29, 1.82) is 0 Å². The Bertz CT molecular complexity index is 1430. The van der Waals surface area contributed by atoms with Gasteiger partial charge in [-0.2, -0.15) is 0 Å². The van der Waals surface area contributed by atoms with Crippen molar-refractivity contribution >= 4 is 43.3 Å². The third-order valence-electron chi connectivity index (χ3n) is 7.79. The number of rotatable bonds is 21. The molecule has 0 aromatic carbocycles. The van der Waals surface area contributed by atoms with Crippen molar-refractivity contribution in [2.75, 3.05) is 26.9 Å². The Kier molecular flexibility index (Phi) is 16.8. The van der Waals surface area contributed by atoms with Gasteiger partial charge in [-0.05, 0) is 19.3 Å². The Balaban J connectivity index is 2.26. The van der Waals surface area contributed by atoms with Gasteiger partial charge in [-0.15, -0.1) is 6.58 Å². The maximum atomic E-state index is 13.7. The maximum Gasteiger partial charge on any atom is 0.472 e. The third-order valence-corrected chi connectivity index (χ3v) is 8.85. The molecule has 20 nitrogen and oxygen atoms in total. The van der Waals surface area contributed by atoms with Gasteiger partial charge in [-0.25, -0.2) is 9.55 Å². The number of amides is 6. The fraction of sp³-hybridized carbons (Fsp3) is 0.633. The zero-order chi connectivity index (χ0) is 38.5. The number of hydrogen-bond acceptors (Lipinski definition) is 12. The average molecular weight is 745 g/mol. The molecule has 1 saturated heterocycles. The molecule has 9 N–H and O–H groups in total. The fourth-order valence-electron chi connectivity index (χ4n) is 5.24. The first-order chi connectivity index (χ1) is 23.9. The molecule has 2 rings (SSSR count). The lowest BCUT2D eigenvalue weighted by Crippen LogP contribution is -2.61. The van der Waals surface area contributed by atoms with Gasteiger partial charge in [0, 0.05) is 45.3 Å². The van der Waals surface area contributed by atoms with Crippen LogP contribution in [0.1, 0.15) is 46.2 Å². The monoisotopic (exact) mass is 744 g/mol. The maximum absolute atomic E-state index is 13.7. The molecule has 0 spiro atoms. The Morgan fingerprint density at radius 3 is 2.25 bits per heavy atom. The molecular formula is C30H49N8O12P. The smallest absolute Gasteiger partial charge is 0.394 e. The van der Waals surface area contributed by atoms with Crippen molar-refractivity contribution in [3.05, 3.63) is 30.9 Å². The highest BCUT2D eigenvalue weighted by Gasteiger charge is 2.41. The highest BCUT2D eigenvalue weighted by atomic mass is 31.2. The third kappa shape index (κ3) is 13.5. The largest absolute Gasteiger partial charge is 0.472 e. The number of aromatic nitrogens is 2. The highest BCUT2D eigenvalue weighted by molar-refractivity contribution is 7.47. The summed E-state index contributed by atoms with van der Waals surface area (Å²) < 4.78 is 26.6. The first-order valence-electron chi connectivity index (χ1n) is 16.1. The predicted octanol–water partition coefficient (Wildman–Crippen LogP) is -2.24. The summed E-state index contributed by atoms with van der Waals surface area (Å²) in [5.41, 5.74) is 5.75. The molecule has 0 radical (unpaired) electrons. The van der Waals surface area contributed by atoms with E-state index in [1.807, 2.05) is 13.8 Å². The number of nitrogens with one attached hydrogen (secondary N) is 5. The normalized spacial score (nSPS) is 19.9. The number of carbonyl (C=O) groups is 6. The average Bonchev–Trinajstić information content (AvgIpc) is 3.74. The molecule has 0 bridgehead atoms. The lowest BCUT2D eigenvalue weighted by atomic mass is 10.0. The van der Waals surface area contributed by atoms with E-state index in [-0.39, 0.29) is 44.2 Å². The van der Waals surface area contributed by atoms with E-state index in [1.54, 1.807) is 6.08 Å². The van der Waals surface area contributed by atoms with Crippen molar-refractivity contribution in [3.8, 4) is 0 Å². The lowest BCUT2D eigenvalue weighted by molar-refractivity contribution is -0.139. The number of aromatic amines is 1. The molecule has 286 valence electrons. The zero-order valence-electron chi connectivity index (χ0n) is 29.2. The summed E-state index contributed by atoms with van der Waals surface area (Å²) in [4.78, 5) is 95.9. The quantitative estimate of drug-likeness (QED) is 0.0489. The van der Waals surface area contributed by atoms with Gasteiger partial charge < -0.3 is 51.6 Å². The van der Waals surface area contributed by atoms with E-state index in [0.29, 0.717) is 5.69 Å². The number of carbonyl (C=O) groups excluding carboxylic acids is 6. The van der Waals surface area contributed by atoms with Crippen LogP contribution < -0.4 is 27.0 Å². The number of hydrogen-bond donors (Lipinski definition) is 8. The topological polar surface area (TPSA) is 294 Å². The molecule has 1 fully saturated rings. The van der Waals surface area contributed by atoms with E-state index < -0.39 is 86.4 Å². The summed E-state index contributed by atoms with van der Waals surface area (Å²) in [6, 6.07) is -6.84. The van der Waals surface area contributed by atoms with Gasteiger partial charge in [0.1, 0.15) is 30.2 Å². The van der Waals surface area contributed by atoms with Crippen LogP contribution in [0.5, 0.6) is 0 Å². The molecule has 21 heteroatoms. The molecule has 1 aromatic heterocycles. The molecule has 0 saturated carbocycles. The summed E-state index contributed by atoms with van der Waals surface area (Å²) in [5.74, 6) is -5.02. The minimum Gasteiger partial charge on any atom is -0.394 e. The number of H-pyrrole nitrogens is 1. The molecule has 1 aliphatic heterocycles. The summed E-state index contributed by atoms with van der Waals surface area (Å²) in [7, 11) is -3.72. The van der Waals surface area contributed by atoms with Crippen LogP contribution in [0.15, 0.2) is 25.2 Å². The van der Waals surface area contributed by atoms with Gasteiger partial charge in [0.15, 0.2) is 0 Å². The molecule has 8 atom stereocenters. The number of aliphatic hydroxyl groups excluding tert-OH is 1. The number of likely N-dealkylation sites (tertiary alicyclic amines) is 1. The SMILES string of the molecule is C=CCO[C@@H]1CC(C(=O)N[C@@H](CC(C)C)C(=O)N[C@@H](Cc2cnc[nH]2)C(=O)N[C@@H](CO)C(=O)N[C@H](C(N)=O)C(C)OP(=O)(O)OC)N(C(C)=O)C1. The number of phosphoric acid groups is 1. The van der Waals surface area contributed by atoms with Gasteiger partial charge in [-0.3, -0.25) is 37.8 Å². The highest BCUT2D eigenvalue weighted by Crippen LogP contribution is 2.43. The second-order valence-electron chi connectivity index (χ2n) is 12.3. The fourth-order valence-corrected chi connectivity index (χ4v) is 5.87. The number of ether oxygens (including phenoxy) is 1. The van der Waals surface area contributed by atoms with Crippen molar-refractivity contribution in [2.24, 2.45) is 11.7 Å². The number of nitrogens with two attached hydrogens (primary N) is 1. The van der Waals surface area contributed by atoms with Crippen molar-refractivity contribution in [3.63, 3.8) is 0 Å². The number of primary amides is 1. The summed E-state index contributed by atoms with van der Waals surface area (Å²) in [6.45, 7) is 9.16. The van der Waals surface area contributed by atoms with E-state index in [0.717, 1.165) is 14.0 Å². The molecule has 3 unspecified atom stereocenters. The molecule has 6 amide bonds. The number of imidazole rings is 1. The molecule has 1 aromatic rings.